The van der Waals surface area contributed by atoms with E-state index in [9.17, 15) is 22.1 Å². The molecule has 160 valence electrons. The largest absolute Gasteiger partial charge is 0.340 e. The molecular formula is C19H16N4O6S2. The van der Waals surface area contributed by atoms with Crippen molar-refractivity contribution >= 4 is 43.2 Å². The Hall–Kier alpha value is -3.50. The summed E-state index contributed by atoms with van der Waals surface area (Å²) >= 11 is 0. The minimum absolute atomic E-state index is 0.199. The van der Waals surface area contributed by atoms with Crippen LogP contribution in [0, 0.1) is 18.3 Å². The molecule has 0 saturated carbocycles. The van der Waals surface area contributed by atoms with Crippen LogP contribution in [0.4, 0.5) is 23.0 Å². The first kappa shape index (κ1) is 22.2. The minimum atomic E-state index is -4.32. The highest BCUT2D eigenvalue weighted by atomic mass is 32.2. The molecular weight excluding hydrogens is 444 g/mol. The molecule has 0 amide bonds. The number of hydrogen-bond donors (Lipinski definition) is 4. The second-order valence-corrected chi connectivity index (χ2v) is 9.25. The highest BCUT2D eigenvalue weighted by Crippen LogP contribution is 2.27. The number of aryl methyl sites for hydroxylation is 1. The van der Waals surface area contributed by atoms with Crippen molar-refractivity contribution in [1.82, 2.24) is 4.98 Å². The second kappa shape index (κ2) is 8.32. The van der Waals surface area contributed by atoms with Gasteiger partial charge < -0.3 is 10.6 Å². The molecule has 0 fully saturated rings. The molecule has 3 rings (SSSR count). The molecule has 12 heteroatoms. The lowest BCUT2D eigenvalue weighted by molar-refractivity contribution is 0.481. The van der Waals surface area contributed by atoms with Crippen LogP contribution >= 0.6 is 0 Å². The highest BCUT2D eigenvalue weighted by Gasteiger charge is 2.13. The lowest BCUT2D eigenvalue weighted by Gasteiger charge is -2.14. The van der Waals surface area contributed by atoms with Crippen molar-refractivity contribution < 1.29 is 25.9 Å². The fourth-order valence-electron chi connectivity index (χ4n) is 2.61. The van der Waals surface area contributed by atoms with Gasteiger partial charge in [0.25, 0.3) is 20.2 Å². The fourth-order valence-corrected chi connectivity index (χ4v) is 3.57. The van der Waals surface area contributed by atoms with E-state index in [2.05, 4.69) is 15.6 Å². The van der Waals surface area contributed by atoms with Crippen LogP contribution in [0.3, 0.4) is 0 Å². The Labute approximate surface area is 178 Å². The lowest BCUT2D eigenvalue weighted by Crippen LogP contribution is -2.04. The molecule has 10 nitrogen and oxygen atoms in total. The topological polar surface area (TPSA) is 169 Å². The molecule has 0 unspecified atom stereocenters. The van der Waals surface area contributed by atoms with E-state index in [-0.39, 0.29) is 21.2 Å². The van der Waals surface area contributed by atoms with Crippen molar-refractivity contribution in [3.8, 4) is 6.07 Å². The SMILES string of the molecule is Cc1cc(C#N)c(Nc2ccc(S(=O)(=O)O)cc2)nc1Nc1ccc(S(=O)(=O)O)cc1. The van der Waals surface area contributed by atoms with Gasteiger partial charge in [-0.15, -0.1) is 0 Å². The normalized spacial score (nSPS) is 11.5. The average Bonchev–Trinajstić information content (AvgIpc) is 2.69. The zero-order valence-electron chi connectivity index (χ0n) is 15.9. The summed E-state index contributed by atoms with van der Waals surface area (Å²) in [7, 11) is -8.63. The summed E-state index contributed by atoms with van der Waals surface area (Å²) in [6.07, 6.45) is 0. The molecule has 31 heavy (non-hydrogen) atoms. The van der Waals surface area contributed by atoms with Crippen LogP contribution in [0.2, 0.25) is 0 Å². The maximum absolute atomic E-state index is 11.2. The van der Waals surface area contributed by atoms with Gasteiger partial charge in [0.05, 0.1) is 15.4 Å². The van der Waals surface area contributed by atoms with Gasteiger partial charge in [-0.1, -0.05) is 0 Å². The van der Waals surface area contributed by atoms with Crippen molar-refractivity contribution in [2.75, 3.05) is 10.6 Å². The van der Waals surface area contributed by atoms with Crippen molar-refractivity contribution in [3.05, 3.63) is 65.7 Å². The summed E-state index contributed by atoms with van der Waals surface area (Å²) in [5, 5.41) is 15.3. The van der Waals surface area contributed by atoms with E-state index < -0.39 is 20.2 Å². The molecule has 0 aliphatic rings. The third kappa shape index (κ3) is 5.36. The van der Waals surface area contributed by atoms with Gasteiger partial charge in [0.2, 0.25) is 0 Å². The number of aromatic nitrogens is 1. The summed E-state index contributed by atoms with van der Waals surface area (Å²) < 4.78 is 62.8. The first-order chi connectivity index (χ1) is 14.5. The first-order valence-electron chi connectivity index (χ1n) is 8.58. The molecule has 0 aliphatic carbocycles. The molecule has 1 heterocycles. The molecule has 0 saturated heterocycles. The Bertz CT molecular complexity index is 1380. The highest BCUT2D eigenvalue weighted by molar-refractivity contribution is 7.86. The fraction of sp³-hybridized carbons (Fsp3) is 0.0526. The molecule has 0 radical (unpaired) electrons. The second-order valence-electron chi connectivity index (χ2n) is 6.41. The number of anilines is 4. The van der Waals surface area contributed by atoms with Gasteiger partial charge in [-0.05, 0) is 67.1 Å². The van der Waals surface area contributed by atoms with E-state index in [4.69, 9.17) is 9.11 Å². The van der Waals surface area contributed by atoms with Gasteiger partial charge in [0.15, 0.2) is 5.82 Å². The van der Waals surface area contributed by atoms with Crippen LogP contribution < -0.4 is 10.6 Å². The Morgan fingerprint density at radius 3 is 1.61 bits per heavy atom. The van der Waals surface area contributed by atoms with Gasteiger partial charge in [-0.25, -0.2) is 4.98 Å². The lowest BCUT2D eigenvalue weighted by atomic mass is 10.2. The number of benzene rings is 2. The van der Waals surface area contributed by atoms with Gasteiger partial charge in [-0.2, -0.15) is 22.1 Å². The number of nitriles is 1. The number of nitrogens with one attached hydrogen (secondary N) is 2. The van der Waals surface area contributed by atoms with Gasteiger partial charge in [0, 0.05) is 11.4 Å². The maximum Gasteiger partial charge on any atom is 0.294 e. The maximum atomic E-state index is 11.2. The van der Waals surface area contributed by atoms with E-state index in [1.807, 2.05) is 6.07 Å². The van der Waals surface area contributed by atoms with E-state index in [0.717, 1.165) is 0 Å². The van der Waals surface area contributed by atoms with E-state index >= 15 is 0 Å². The monoisotopic (exact) mass is 460 g/mol. The summed E-state index contributed by atoms with van der Waals surface area (Å²) in [4.78, 5) is 3.87. The zero-order valence-corrected chi connectivity index (χ0v) is 17.6. The molecule has 1 aromatic heterocycles. The van der Waals surface area contributed by atoms with Crippen molar-refractivity contribution in [2.24, 2.45) is 0 Å². The summed E-state index contributed by atoms with van der Waals surface area (Å²) in [5.74, 6) is 0.584. The quantitative estimate of drug-likeness (QED) is 0.400. The Balaban J connectivity index is 1.90. The zero-order chi connectivity index (χ0) is 22.8. The number of pyridine rings is 1. The number of hydrogen-bond acceptors (Lipinski definition) is 8. The van der Waals surface area contributed by atoms with Crippen LogP contribution in [0.15, 0.2) is 64.4 Å². The minimum Gasteiger partial charge on any atom is -0.340 e. The predicted octanol–water partition coefficient (Wildman–Crippen LogP) is 3.24. The average molecular weight is 460 g/mol. The standard InChI is InChI=1S/C19H16N4O6S2/c1-12-10-13(11-20)19(22-15-4-8-17(9-5-15)31(27,28)29)23-18(12)21-14-2-6-16(7-3-14)30(24,25)26/h2-10H,1H3,(H2,21,22,23)(H,24,25,26)(H,27,28,29). The molecule has 0 bridgehead atoms. The molecule has 0 atom stereocenters. The Morgan fingerprint density at radius 1 is 0.806 bits per heavy atom. The summed E-state index contributed by atoms with van der Waals surface area (Å²) in [6, 6.07) is 14.2. The van der Waals surface area contributed by atoms with E-state index in [0.29, 0.717) is 22.8 Å². The third-order valence-corrected chi connectivity index (χ3v) is 5.90. The molecule has 2 aromatic carbocycles. The molecule has 3 aromatic rings. The van der Waals surface area contributed by atoms with Crippen LogP contribution in [0.5, 0.6) is 0 Å². The number of nitrogens with zero attached hydrogens (tertiary/aromatic N) is 2. The third-order valence-electron chi connectivity index (χ3n) is 4.16. The van der Waals surface area contributed by atoms with Crippen LogP contribution in [-0.2, 0) is 20.2 Å². The first-order valence-corrected chi connectivity index (χ1v) is 11.5. The van der Waals surface area contributed by atoms with Crippen LogP contribution in [0.1, 0.15) is 11.1 Å². The molecule has 0 spiro atoms. The molecule has 0 aliphatic heterocycles. The summed E-state index contributed by atoms with van der Waals surface area (Å²) in [5.41, 5.74) is 1.81. The van der Waals surface area contributed by atoms with E-state index in [1.165, 1.54) is 48.5 Å². The predicted molar refractivity (Wildman–Crippen MR) is 113 cm³/mol. The molecule has 4 N–H and O–H groups in total. The van der Waals surface area contributed by atoms with Crippen molar-refractivity contribution in [1.29, 1.82) is 5.26 Å². The van der Waals surface area contributed by atoms with Gasteiger partial charge in [0.1, 0.15) is 11.9 Å². The summed E-state index contributed by atoms with van der Waals surface area (Å²) in [6.45, 7) is 1.73. The van der Waals surface area contributed by atoms with Crippen LogP contribution in [0.25, 0.3) is 0 Å². The smallest absolute Gasteiger partial charge is 0.294 e. The van der Waals surface area contributed by atoms with E-state index in [1.54, 1.807) is 13.0 Å². The van der Waals surface area contributed by atoms with Gasteiger partial charge >= 0.3 is 0 Å². The van der Waals surface area contributed by atoms with Crippen LogP contribution in [-0.4, -0.2) is 30.9 Å². The Morgan fingerprint density at radius 2 is 1.23 bits per heavy atom. The number of rotatable bonds is 6. The van der Waals surface area contributed by atoms with Crippen molar-refractivity contribution in [2.45, 2.75) is 16.7 Å². The van der Waals surface area contributed by atoms with Crippen molar-refractivity contribution in [3.63, 3.8) is 0 Å². The Kier molecular flexibility index (Phi) is 5.96. The van der Waals surface area contributed by atoms with Gasteiger partial charge in [-0.3, -0.25) is 9.11 Å².